The van der Waals surface area contributed by atoms with Crippen molar-refractivity contribution in [2.45, 2.75) is 50.2 Å². The molecular formula is C16H22N6O4. The normalized spacial score (nSPS) is 28.7. The Balaban J connectivity index is 1.56. The molecule has 2 aromatic heterocycles. The first-order valence-electron chi connectivity index (χ1n) is 8.68. The zero-order chi connectivity index (χ0) is 18.1. The molecule has 2 aromatic rings. The zero-order valence-electron chi connectivity index (χ0n) is 14.1. The van der Waals surface area contributed by atoms with Gasteiger partial charge in [-0.15, -0.1) is 0 Å². The van der Waals surface area contributed by atoms with Crippen LogP contribution < -0.4 is 10.9 Å². The summed E-state index contributed by atoms with van der Waals surface area (Å²) >= 11 is 0. The highest BCUT2D eigenvalue weighted by Crippen LogP contribution is 2.32. The molecule has 0 spiro atoms. The Labute approximate surface area is 149 Å². The summed E-state index contributed by atoms with van der Waals surface area (Å²) in [5.41, 5.74) is 8.37. The molecule has 1 saturated heterocycles. The lowest BCUT2D eigenvalue weighted by atomic mass is 10.1. The molecule has 10 nitrogen and oxygen atoms in total. The van der Waals surface area contributed by atoms with Crippen molar-refractivity contribution in [3.63, 3.8) is 0 Å². The van der Waals surface area contributed by atoms with Crippen LogP contribution in [0.4, 0.5) is 5.82 Å². The van der Waals surface area contributed by atoms with Gasteiger partial charge in [0, 0.05) is 6.20 Å². The van der Waals surface area contributed by atoms with Gasteiger partial charge in [-0.2, -0.15) is 0 Å². The van der Waals surface area contributed by atoms with Gasteiger partial charge in [0.25, 0.3) is 0 Å². The van der Waals surface area contributed by atoms with Gasteiger partial charge in [0.2, 0.25) is 0 Å². The Bertz CT molecular complexity index is 801. The zero-order valence-corrected chi connectivity index (χ0v) is 14.1. The number of allylic oxidation sites excluding steroid dienone is 1. The molecule has 1 aliphatic carbocycles. The van der Waals surface area contributed by atoms with Gasteiger partial charge < -0.3 is 25.5 Å². The second-order valence-electron chi connectivity index (χ2n) is 6.55. The molecule has 4 rings (SSSR count). The molecule has 10 heteroatoms. The highest BCUT2D eigenvalue weighted by Gasteiger charge is 2.44. The SMILES string of the molecule is OC[C@H]1O[C@@H](n2cnc3c(NNC=C4CCCC4)ncnc32)[C@H](O)[C@@H]1O. The molecule has 0 radical (unpaired) electrons. The molecule has 26 heavy (non-hydrogen) atoms. The van der Waals surface area contributed by atoms with E-state index in [2.05, 4.69) is 25.8 Å². The van der Waals surface area contributed by atoms with E-state index in [-0.39, 0.29) is 6.61 Å². The summed E-state index contributed by atoms with van der Waals surface area (Å²) in [4.78, 5) is 12.7. The van der Waals surface area contributed by atoms with Crippen LogP contribution in [0.3, 0.4) is 0 Å². The third-order valence-corrected chi connectivity index (χ3v) is 4.86. The monoisotopic (exact) mass is 362 g/mol. The maximum Gasteiger partial charge on any atom is 0.176 e. The van der Waals surface area contributed by atoms with Crippen LogP contribution >= 0.6 is 0 Å². The van der Waals surface area contributed by atoms with E-state index in [9.17, 15) is 15.3 Å². The van der Waals surface area contributed by atoms with E-state index in [1.807, 2.05) is 6.20 Å². The first-order valence-corrected chi connectivity index (χ1v) is 8.68. The standard InChI is InChI=1S/C16H22N6O4/c23-6-10-12(24)13(25)16(26-10)22-8-19-11-14(17-7-18-15(11)22)21-20-5-9-3-1-2-4-9/h5,7-8,10,12-13,16,20,23-25H,1-4,6H2,(H,17,18,21)/t10-,12-,13-,16-/m1/s1. The maximum absolute atomic E-state index is 10.2. The second-order valence-corrected chi connectivity index (χ2v) is 6.55. The van der Waals surface area contributed by atoms with Crippen molar-refractivity contribution < 1.29 is 20.1 Å². The number of hydrogen-bond acceptors (Lipinski definition) is 9. The largest absolute Gasteiger partial charge is 0.394 e. The molecule has 3 heterocycles. The van der Waals surface area contributed by atoms with E-state index in [4.69, 9.17) is 4.74 Å². The lowest BCUT2D eigenvalue weighted by Gasteiger charge is -2.16. The smallest absolute Gasteiger partial charge is 0.176 e. The van der Waals surface area contributed by atoms with Crippen molar-refractivity contribution in [2.75, 3.05) is 12.0 Å². The van der Waals surface area contributed by atoms with E-state index < -0.39 is 24.5 Å². The highest BCUT2D eigenvalue weighted by molar-refractivity contribution is 5.82. The molecule has 5 N–H and O–H groups in total. The summed E-state index contributed by atoms with van der Waals surface area (Å²) in [6.45, 7) is -0.387. The number of fused-ring (bicyclic) bond motifs is 1. The molecule has 2 aliphatic rings. The molecule has 140 valence electrons. The van der Waals surface area contributed by atoms with Crippen molar-refractivity contribution >= 4 is 17.0 Å². The number of aromatic nitrogens is 4. The number of nitrogens with one attached hydrogen (secondary N) is 2. The number of rotatable bonds is 5. The summed E-state index contributed by atoms with van der Waals surface area (Å²) in [6, 6.07) is 0. The van der Waals surface area contributed by atoms with Gasteiger partial charge in [-0.3, -0.25) is 9.99 Å². The number of aliphatic hydroxyl groups excluding tert-OH is 3. The number of nitrogens with zero attached hydrogens (tertiary/aromatic N) is 4. The van der Waals surface area contributed by atoms with E-state index >= 15 is 0 Å². The van der Waals surface area contributed by atoms with E-state index in [1.165, 1.54) is 35.6 Å². The van der Waals surface area contributed by atoms with Crippen molar-refractivity contribution in [1.82, 2.24) is 24.9 Å². The summed E-state index contributed by atoms with van der Waals surface area (Å²) in [5.74, 6) is 0.496. The second kappa shape index (κ2) is 7.16. The molecule has 1 saturated carbocycles. The molecule has 4 atom stereocenters. The number of hydrazine groups is 1. The fourth-order valence-electron chi connectivity index (χ4n) is 3.42. The molecule has 0 aromatic carbocycles. The average molecular weight is 362 g/mol. The maximum atomic E-state index is 10.2. The summed E-state index contributed by atoms with van der Waals surface area (Å²) in [5, 5.41) is 29.4. The molecular weight excluding hydrogens is 340 g/mol. The average Bonchev–Trinajstić information content (AvgIpc) is 3.37. The summed E-state index contributed by atoms with van der Waals surface area (Å²) < 4.78 is 7.07. The minimum atomic E-state index is -1.19. The molecule has 2 fully saturated rings. The van der Waals surface area contributed by atoms with Crippen LogP contribution in [0.1, 0.15) is 31.9 Å². The van der Waals surface area contributed by atoms with Gasteiger partial charge in [-0.05, 0) is 25.7 Å². The highest BCUT2D eigenvalue weighted by atomic mass is 16.6. The third kappa shape index (κ3) is 3.01. The predicted molar refractivity (Wildman–Crippen MR) is 91.6 cm³/mol. The van der Waals surface area contributed by atoms with E-state index in [1.54, 1.807) is 0 Å². The van der Waals surface area contributed by atoms with Crippen molar-refractivity contribution in [3.05, 3.63) is 24.4 Å². The number of anilines is 1. The number of imidazole rings is 1. The van der Waals surface area contributed by atoms with Crippen LogP contribution in [0.5, 0.6) is 0 Å². The van der Waals surface area contributed by atoms with Gasteiger partial charge in [0.05, 0.1) is 12.9 Å². The minimum absolute atomic E-state index is 0.387. The summed E-state index contributed by atoms with van der Waals surface area (Å²) in [6.07, 6.45) is 5.35. The van der Waals surface area contributed by atoms with Gasteiger partial charge in [-0.25, -0.2) is 15.0 Å². The minimum Gasteiger partial charge on any atom is -0.394 e. The van der Waals surface area contributed by atoms with Crippen LogP contribution in [0.25, 0.3) is 11.2 Å². The van der Waals surface area contributed by atoms with Crippen molar-refractivity contribution in [2.24, 2.45) is 0 Å². The first kappa shape index (κ1) is 17.2. The quantitative estimate of drug-likeness (QED) is 0.458. The van der Waals surface area contributed by atoms with Gasteiger partial charge in [0.1, 0.15) is 24.6 Å². The fraction of sp³-hybridized carbons (Fsp3) is 0.562. The summed E-state index contributed by atoms with van der Waals surface area (Å²) in [7, 11) is 0. The van der Waals surface area contributed by atoms with Crippen LogP contribution in [-0.4, -0.2) is 59.8 Å². The van der Waals surface area contributed by atoms with Crippen LogP contribution in [0.2, 0.25) is 0 Å². The van der Waals surface area contributed by atoms with E-state index in [0.717, 1.165) is 12.8 Å². The molecule has 1 aliphatic heterocycles. The Hall–Kier alpha value is -2.27. The third-order valence-electron chi connectivity index (χ3n) is 4.86. The lowest BCUT2D eigenvalue weighted by Crippen LogP contribution is -2.33. The Kier molecular flexibility index (Phi) is 4.72. The molecule has 0 unspecified atom stereocenters. The lowest BCUT2D eigenvalue weighted by molar-refractivity contribution is -0.0511. The van der Waals surface area contributed by atoms with Crippen LogP contribution in [0, 0.1) is 0 Å². The van der Waals surface area contributed by atoms with Crippen LogP contribution in [-0.2, 0) is 4.74 Å². The van der Waals surface area contributed by atoms with Gasteiger partial charge in [0.15, 0.2) is 23.2 Å². The number of hydrogen-bond donors (Lipinski definition) is 5. The Morgan fingerprint density at radius 3 is 2.73 bits per heavy atom. The van der Waals surface area contributed by atoms with Gasteiger partial charge in [-0.1, -0.05) is 5.57 Å². The van der Waals surface area contributed by atoms with Crippen molar-refractivity contribution in [1.29, 1.82) is 0 Å². The Morgan fingerprint density at radius 1 is 1.19 bits per heavy atom. The molecule has 0 bridgehead atoms. The number of ether oxygens (including phenoxy) is 1. The van der Waals surface area contributed by atoms with Crippen molar-refractivity contribution in [3.8, 4) is 0 Å². The first-order chi connectivity index (χ1) is 12.7. The predicted octanol–water partition coefficient (Wildman–Crippen LogP) is -0.188. The van der Waals surface area contributed by atoms with Crippen LogP contribution in [0.15, 0.2) is 24.4 Å². The topological polar surface area (TPSA) is 138 Å². The number of aliphatic hydroxyl groups is 3. The fourth-order valence-corrected chi connectivity index (χ4v) is 3.42. The van der Waals surface area contributed by atoms with E-state index in [0.29, 0.717) is 17.0 Å². The van der Waals surface area contributed by atoms with Gasteiger partial charge >= 0.3 is 0 Å². The molecule has 0 amide bonds. The Morgan fingerprint density at radius 2 is 2.00 bits per heavy atom.